The van der Waals surface area contributed by atoms with Crippen molar-refractivity contribution in [3.63, 3.8) is 0 Å². The minimum absolute atomic E-state index is 0.356. The predicted octanol–water partition coefficient (Wildman–Crippen LogP) is 0.309. The van der Waals surface area contributed by atoms with Crippen LogP contribution in [0.25, 0.3) is 11.6 Å². The third-order valence-corrected chi connectivity index (χ3v) is 2.21. The Morgan fingerprint density at radius 1 is 1.47 bits per heavy atom. The lowest BCUT2D eigenvalue weighted by Crippen LogP contribution is -2.33. The van der Waals surface area contributed by atoms with Crippen LogP contribution in [0.4, 0.5) is 0 Å². The zero-order valence-corrected chi connectivity index (χ0v) is 8.77. The molecule has 0 atom stereocenters. The molecule has 0 bridgehead atoms. The second kappa shape index (κ2) is 3.43. The summed E-state index contributed by atoms with van der Waals surface area (Å²) in [5, 5.41) is 13.3. The lowest BCUT2D eigenvalue weighted by atomic mass is 10.1. The molecule has 0 fully saturated rings. The van der Waals surface area contributed by atoms with Gasteiger partial charge in [-0.05, 0) is 20.9 Å². The van der Waals surface area contributed by atoms with Crippen LogP contribution < -0.4 is 5.32 Å². The second-order valence-corrected chi connectivity index (χ2v) is 3.63. The maximum Gasteiger partial charge on any atom is 0.246 e. The summed E-state index contributed by atoms with van der Waals surface area (Å²) >= 11 is 0. The van der Waals surface area contributed by atoms with Crippen LogP contribution in [-0.2, 0) is 5.54 Å². The fourth-order valence-corrected chi connectivity index (χ4v) is 0.994. The van der Waals surface area contributed by atoms with E-state index in [9.17, 15) is 0 Å². The van der Waals surface area contributed by atoms with Crippen molar-refractivity contribution in [2.75, 3.05) is 7.05 Å². The molecule has 2 heterocycles. The summed E-state index contributed by atoms with van der Waals surface area (Å²) in [6, 6.07) is 0. The van der Waals surface area contributed by atoms with Gasteiger partial charge in [0.25, 0.3) is 0 Å². The normalized spacial score (nSPS) is 11.9. The smallest absolute Gasteiger partial charge is 0.246 e. The monoisotopic (exact) mass is 208 g/mol. The molecule has 0 amide bonds. The Morgan fingerprint density at radius 3 is 2.87 bits per heavy atom. The number of nitrogens with zero attached hydrogens (tertiary/aromatic N) is 4. The van der Waals surface area contributed by atoms with Crippen LogP contribution in [0.3, 0.4) is 0 Å². The molecule has 80 valence electrons. The molecule has 2 aromatic heterocycles. The SMILES string of the molecule is CNC(C)(C)c1nc(-c2ncn[nH]2)no1. The van der Waals surface area contributed by atoms with Gasteiger partial charge in [0, 0.05) is 0 Å². The first kappa shape index (κ1) is 9.78. The Hall–Kier alpha value is -1.76. The second-order valence-electron chi connectivity index (χ2n) is 3.63. The van der Waals surface area contributed by atoms with Crippen LogP contribution >= 0.6 is 0 Å². The Morgan fingerprint density at radius 2 is 2.27 bits per heavy atom. The topological polar surface area (TPSA) is 92.5 Å². The van der Waals surface area contributed by atoms with Gasteiger partial charge < -0.3 is 9.84 Å². The van der Waals surface area contributed by atoms with Crippen molar-refractivity contribution in [2.45, 2.75) is 19.4 Å². The highest BCUT2D eigenvalue weighted by molar-refractivity contribution is 5.39. The van der Waals surface area contributed by atoms with E-state index in [4.69, 9.17) is 4.52 Å². The van der Waals surface area contributed by atoms with Crippen molar-refractivity contribution < 1.29 is 4.52 Å². The number of nitrogens with one attached hydrogen (secondary N) is 2. The number of H-pyrrole nitrogens is 1. The summed E-state index contributed by atoms with van der Waals surface area (Å²) in [7, 11) is 1.83. The van der Waals surface area contributed by atoms with Crippen LogP contribution in [0, 0.1) is 0 Å². The van der Waals surface area contributed by atoms with Crippen LogP contribution in [0.15, 0.2) is 10.9 Å². The van der Waals surface area contributed by atoms with E-state index in [1.807, 2.05) is 20.9 Å². The van der Waals surface area contributed by atoms with Gasteiger partial charge in [0.05, 0.1) is 5.54 Å². The van der Waals surface area contributed by atoms with Gasteiger partial charge in [-0.15, -0.1) is 0 Å². The summed E-state index contributed by atoms with van der Waals surface area (Å²) in [6.07, 6.45) is 1.40. The molecular weight excluding hydrogens is 196 g/mol. The molecule has 2 aromatic rings. The zero-order chi connectivity index (χ0) is 10.9. The highest BCUT2D eigenvalue weighted by atomic mass is 16.5. The molecule has 7 nitrogen and oxygen atoms in total. The molecule has 0 spiro atoms. The Kier molecular flexibility index (Phi) is 2.24. The maximum atomic E-state index is 5.13. The number of hydrogen-bond acceptors (Lipinski definition) is 6. The molecular formula is C8H12N6O. The summed E-state index contributed by atoms with van der Waals surface area (Å²) in [5.74, 6) is 1.42. The van der Waals surface area contributed by atoms with E-state index in [1.54, 1.807) is 0 Å². The molecule has 15 heavy (non-hydrogen) atoms. The molecule has 0 aliphatic carbocycles. The van der Waals surface area contributed by atoms with Gasteiger partial charge in [0.15, 0.2) is 5.82 Å². The number of hydrogen-bond donors (Lipinski definition) is 2. The predicted molar refractivity (Wildman–Crippen MR) is 51.8 cm³/mol. The first-order valence-corrected chi connectivity index (χ1v) is 4.52. The molecule has 2 rings (SSSR count). The van der Waals surface area contributed by atoms with Gasteiger partial charge >= 0.3 is 0 Å². The van der Waals surface area contributed by atoms with Crippen molar-refractivity contribution in [3.05, 3.63) is 12.2 Å². The van der Waals surface area contributed by atoms with Gasteiger partial charge in [-0.3, -0.25) is 5.10 Å². The van der Waals surface area contributed by atoms with E-state index >= 15 is 0 Å². The quantitative estimate of drug-likeness (QED) is 0.754. The van der Waals surface area contributed by atoms with Gasteiger partial charge in [-0.1, -0.05) is 5.16 Å². The maximum absolute atomic E-state index is 5.13. The van der Waals surface area contributed by atoms with E-state index in [2.05, 4.69) is 30.6 Å². The number of aromatic amines is 1. The fourth-order valence-electron chi connectivity index (χ4n) is 0.994. The van der Waals surface area contributed by atoms with Crippen LogP contribution in [0.2, 0.25) is 0 Å². The van der Waals surface area contributed by atoms with Crippen LogP contribution in [0.1, 0.15) is 19.7 Å². The van der Waals surface area contributed by atoms with Gasteiger partial charge in [-0.2, -0.15) is 10.1 Å². The summed E-state index contributed by atoms with van der Waals surface area (Å²) in [6.45, 7) is 3.90. The molecule has 2 N–H and O–H groups in total. The number of aromatic nitrogens is 5. The van der Waals surface area contributed by atoms with Crippen molar-refractivity contribution in [2.24, 2.45) is 0 Å². The molecule has 7 heteroatoms. The largest absolute Gasteiger partial charge is 0.337 e. The Balaban J connectivity index is 2.33. The van der Waals surface area contributed by atoms with Gasteiger partial charge in [0.1, 0.15) is 6.33 Å². The first-order valence-electron chi connectivity index (χ1n) is 4.52. The highest BCUT2D eigenvalue weighted by Gasteiger charge is 2.26. The molecule has 0 unspecified atom stereocenters. The zero-order valence-electron chi connectivity index (χ0n) is 8.77. The third-order valence-electron chi connectivity index (χ3n) is 2.21. The molecule has 0 aliphatic heterocycles. The number of rotatable bonds is 3. The molecule has 0 aliphatic rings. The summed E-state index contributed by atoms with van der Waals surface area (Å²) in [4.78, 5) is 8.16. The summed E-state index contributed by atoms with van der Waals surface area (Å²) < 4.78 is 5.13. The van der Waals surface area contributed by atoms with E-state index in [0.29, 0.717) is 17.5 Å². The highest BCUT2D eigenvalue weighted by Crippen LogP contribution is 2.19. The average molecular weight is 208 g/mol. The van der Waals surface area contributed by atoms with Gasteiger partial charge in [0.2, 0.25) is 11.7 Å². The van der Waals surface area contributed by atoms with Crippen LogP contribution in [-0.4, -0.2) is 32.4 Å². The van der Waals surface area contributed by atoms with E-state index < -0.39 is 0 Å². The van der Waals surface area contributed by atoms with E-state index in [-0.39, 0.29) is 5.54 Å². The fraction of sp³-hybridized carbons (Fsp3) is 0.500. The van der Waals surface area contributed by atoms with E-state index in [0.717, 1.165) is 0 Å². The lowest BCUT2D eigenvalue weighted by molar-refractivity contribution is 0.281. The molecule has 0 saturated heterocycles. The average Bonchev–Trinajstić information content (AvgIpc) is 2.88. The molecule has 0 saturated carbocycles. The van der Waals surface area contributed by atoms with Crippen molar-refractivity contribution in [1.29, 1.82) is 0 Å². The first-order chi connectivity index (χ1) is 7.13. The van der Waals surface area contributed by atoms with Gasteiger partial charge in [-0.25, -0.2) is 4.98 Å². The molecule has 0 aromatic carbocycles. The van der Waals surface area contributed by atoms with Crippen molar-refractivity contribution in [1.82, 2.24) is 30.6 Å². The van der Waals surface area contributed by atoms with Crippen molar-refractivity contribution >= 4 is 0 Å². The minimum Gasteiger partial charge on any atom is -0.337 e. The standard InChI is InChI=1S/C8H12N6O/c1-8(2,9-3)7-12-6(14-15-7)5-10-4-11-13-5/h4,9H,1-3H3,(H,10,11,13). The summed E-state index contributed by atoms with van der Waals surface area (Å²) in [5.41, 5.74) is -0.356. The Bertz CT molecular complexity index is 432. The van der Waals surface area contributed by atoms with E-state index in [1.165, 1.54) is 6.33 Å². The minimum atomic E-state index is -0.356. The van der Waals surface area contributed by atoms with Crippen LogP contribution in [0.5, 0.6) is 0 Å². The third kappa shape index (κ3) is 1.73. The van der Waals surface area contributed by atoms with Crippen molar-refractivity contribution in [3.8, 4) is 11.6 Å². The Labute approximate surface area is 86.3 Å². The molecule has 0 radical (unpaired) electrons. The lowest BCUT2D eigenvalue weighted by Gasteiger charge is -2.17.